The lowest BCUT2D eigenvalue weighted by molar-refractivity contribution is -0.141. The average Bonchev–Trinajstić information content (AvgIpc) is 2.81. The van der Waals surface area contributed by atoms with Gasteiger partial charge in [0.15, 0.2) is 10.9 Å². The summed E-state index contributed by atoms with van der Waals surface area (Å²) >= 11 is 7.14. The Kier molecular flexibility index (Phi) is 4.46. The molecule has 20 heavy (non-hydrogen) atoms. The van der Waals surface area contributed by atoms with Crippen molar-refractivity contribution in [3.63, 3.8) is 0 Å². The zero-order chi connectivity index (χ0) is 14.9. The molecule has 2 atom stereocenters. The predicted molar refractivity (Wildman–Crippen MR) is 71.9 cm³/mol. The van der Waals surface area contributed by atoms with Crippen molar-refractivity contribution >= 4 is 35.2 Å². The Labute approximate surface area is 124 Å². The normalized spacial score (nSPS) is 22.1. The van der Waals surface area contributed by atoms with Crippen LogP contribution < -0.4 is 0 Å². The van der Waals surface area contributed by atoms with Gasteiger partial charge in [-0.25, -0.2) is 14.8 Å². The van der Waals surface area contributed by atoms with E-state index in [1.54, 1.807) is 6.26 Å². The number of hydrogen-bond acceptors (Lipinski definition) is 6. The van der Waals surface area contributed by atoms with Crippen molar-refractivity contribution < 1.29 is 19.8 Å². The number of halogens is 1. The maximum Gasteiger partial charge on any atom is 0.326 e. The highest BCUT2D eigenvalue weighted by Crippen LogP contribution is 2.24. The highest BCUT2D eigenvalue weighted by Gasteiger charge is 2.40. The van der Waals surface area contributed by atoms with Gasteiger partial charge in [0.1, 0.15) is 6.04 Å². The molecule has 0 spiro atoms. The van der Waals surface area contributed by atoms with E-state index in [1.165, 1.54) is 18.0 Å². The third-order valence-electron chi connectivity index (χ3n) is 2.93. The van der Waals surface area contributed by atoms with E-state index in [4.69, 9.17) is 16.7 Å². The Hall–Kier alpha value is -1.38. The van der Waals surface area contributed by atoms with Crippen LogP contribution in [-0.4, -0.2) is 61.9 Å². The van der Waals surface area contributed by atoms with E-state index in [1.807, 2.05) is 0 Å². The molecule has 2 N–H and O–H groups in total. The summed E-state index contributed by atoms with van der Waals surface area (Å²) < 4.78 is 0. The molecule has 9 heteroatoms. The number of aliphatic hydroxyl groups is 1. The lowest BCUT2D eigenvalue weighted by Gasteiger charge is -2.21. The van der Waals surface area contributed by atoms with E-state index >= 15 is 0 Å². The summed E-state index contributed by atoms with van der Waals surface area (Å²) in [6.07, 6.45) is 2.19. The Bertz CT molecular complexity index is 556. The van der Waals surface area contributed by atoms with E-state index < -0.39 is 24.0 Å². The number of carbonyl (C=O) groups is 2. The molecular formula is C11H12ClN3O4S. The molecule has 2 rings (SSSR count). The minimum Gasteiger partial charge on any atom is -0.480 e. The fraction of sp³-hybridized carbons (Fsp3) is 0.455. The molecule has 1 aliphatic heterocycles. The highest BCUT2D eigenvalue weighted by molar-refractivity contribution is 7.98. The zero-order valence-corrected chi connectivity index (χ0v) is 12.1. The molecule has 1 aromatic heterocycles. The van der Waals surface area contributed by atoms with Crippen LogP contribution in [0.3, 0.4) is 0 Å². The second-order valence-corrected chi connectivity index (χ2v) is 5.43. The van der Waals surface area contributed by atoms with E-state index in [9.17, 15) is 14.7 Å². The Morgan fingerprint density at radius 1 is 1.55 bits per heavy atom. The number of rotatable bonds is 3. The Balaban J connectivity index is 2.33. The third-order valence-corrected chi connectivity index (χ3v) is 3.77. The van der Waals surface area contributed by atoms with Crippen LogP contribution in [0.5, 0.6) is 0 Å². The first-order valence-corrected chi connectivity index (χ1v) is 7.32. The summed E-state index contributed by atoms with van der Waals surface area (Å²) in [5.74, 6) is -1.78. The van der Waals surface area contributed by atoms with Crippen LogP contribution in [0, 0.1) is 0 Å². The van der Waals surface area contributed by atoms with Crippen molar-refractivity contribution in [2.45, 2.75) is 23.7 Å². The fourth-order valence-electron chi connectivity index (χ4n) is 2.01. The molecule has 0 radical (unpaired) electrons. The molecule has 2 heterocycles. The number of aromatic nitrogens is 2. The molecule has 1 saturated heterocycles. The largest absolute Gasteiger partial charge is 0.480 e. The first-order valence-electron chi connectivity index (χ1n) is 5.72. The fourth-order valence-corrected chi connectivity index (χ4v) is 2.52. The van der Waals surface area contributed by atoms with Crippen molar-refractivity contribution in [1.82, 2.24) is 14.9 Å². The van der Waals surface area contributed by atoms with Gasteiger partial charge in [0.25, 0.3) is 5.91 Å². The monoisotopic (exact) mass is 317 g/mol. The minimum absolute atomic E-state index is 0.000832. The van der Waals surface area contributed by atoms with Gasteiger partial charge in [-0.3, -0.25) is 4.79 Å². The van der Waals surface area contributed by atoms with Crippen LogP contribution in [0.4, 0.5) is 0 Å². The van der Waals surface area contributed by atoms with Crippen molar-refractivity contribution in [3.8, 4) is 0 Å². The number of aliphatic hydroxyl groups excluding tert-OH is 1. The Morgan fingerprint density at radius 3 is 2.85 bits per heavy atom. The van der Waals surface area contributed by atoms with Crippen molar-refractivity contribution in [3.05, 3.63) is 16.9 Å². The number of aliphatic carboxylic acids is 1. The minimum atomic E-state index is -1.16. The number of amides is 1. The quantitative estimate of drug-likeness (QED) is 0.618. The van der Waals surface area contributed by atoms with Crippen LogP contribution in [0.15, 0.2) is 11.4 Å². The number of likely N-dealkylation sites (tertiary alicyclic amines) is 1. The van der Waals surface area contributed by atoms with E-state index in [0.717, 1.165) is 4.90 Å². The number of thioether (sulfide) groups is 1. The molecule has 0 unspecified atom stereocenters. The second-order valence-electron chi connectivity index (χ2n) is 4.25. The van der Waals surface area contributed by atoms with Crippen LogP contribution >= 0.6 is 23.4 Å². The van der Waals surface area contributed by atoms with Gasteiger partial charge >= 0.3 is 5.97 Å². The van der Waals surface area contributed by atoms with Gasteiger partial charge in [0.2, 0.25) is 0 Å². The van der Waals surface area contributed by atoms with Crippen LogP contribution in [-0.2, 0) is 4.79 Å². The molecule has 0 aliphatic carbocycles. The number of carboxylic acids is 1. The van der Waals surface area contributed by atoms with Crippen LogP contribution in [0.2, 0.25) is 5.02 Å². The van der Waals surface area contributed by atoms with Gasteiger partial charge in [0, 0.05) is 13.0 Å². The summed E-state index contributed by atoms with van der Waals surface area (Å²) in [7, 11) is 0. The summed E-state index contributed by atoms with van der Waals surface area (Å²) in [6.45, 7) is -0.0509. The van der Waals surface area contributed by atoms with Gasteiger partial charge in [-0.2, -0.15) is 0 Å². The number of β-amino-alcohol motifs (C(OH)–C–C–N with tert-alkyl or cyclic N) is 1. The van der Waals surface area contributed by atoms with E-state index in [0.29, 0.717) is 5.16 Å². The van der Waals surface area contributed by atoms with Crippen LogP contribution in [0.25, 0.3) is 0 Å². The lowest BCUT2D eigenvalue weighted by atomic mass is 10.2. The topological polar surface area (TPSA) is 104 Å². The standard InChI is InChI=1S/C11H12ClN3O4S/c1-20-11-13-3-6(12)8(14-11)9(17)15-4-5(16)2-7(15)10(18)19/h3,5,7,16H,2,4H2,1H3,(H,18,19)/t5-,7-/m1/s1. The Morgan fingerprint density at radius 2 is 2.25 bits per heavy atom. The predicted octanol–water partition coefficient (Wildman–Crippen LogP) is 0.512. The van der Waals surface area contributed by atoms with Gasteiger partial charge < -0.3 is 15.1 Å². The van der Waals surface area contributed by atoms with Crippen LogP contribution in [0.1, 0.15) is 16.9 Å². The number of nitrogens with zero attached hydrogens (tertiary/aromatic N) is 3. The third kappa shape index (κ3) is 2.87. The van der Waals surface area contributed by atoms with E-state index in [-0.39, 0.29) is 23.7 Å². The molecule has 1 fully saturated rings. The molecule has 0 bridgehead atoms. The van der Waals surface area contributed by atoms with Crippen molar-refractivity contribution in [2.75, 3.05) is 12.8 Å². The summed E-state index contributed by atoms with van der Waals surface area (Å²) in [6, 6.07) is -1.07. The van der Waals surface area contributed by atoms with E-state index in [2.05, 4.69) is 9.97 Å². The lowest BCUT2D eigenvalue weighted by Crippen LogP contribution is -2.41. The number of carboxylic acid groups (broad SMARTS) is 1. The summed E-state index contributed by atoms with van der Waals surface area (Å²) in [5.41, 5.74) is -0.0497. The highest BCUT2D eigenvalue weighted by atomic mass is 35.5. The molecular weight excluding hydrogens is 306 g/mol. The van der Waals surface area contributed by atoms with Gasteiger partial charge in [-0.1, -0.05) is 23.4 Å². The number of carbonyl (C=O) groups excluding carboxylic acids is 1. The maximum absolute atomic E-state index is 12.4. The smallest absolute Gasteiger partial charge is 0.326 e. The zero-order valence-electron chi connectivity index (χ0n) is 10.5. The molecule has 1 amide bonds. The SMILES string of the molecule is CSc1ncc(Cl)c(C(=O)N2C[C@H](O)C[C@@H]2C(=O)O)n1. The molecule has 0 saturated carbocycles. The molecule has 7 nitrogen and oxygen atoms in total. The number of hydrogen-bond donors (Lipinski definition) is 2. The van der Waals surface area contributed by atoms with Crippen molar-refractivity contribution in [2.24, 2.45) is 0 Å². The second kappa shape index (κ2) is 5.94. The summed E-state index contributed by atoms with van der Waals surface area (Å²) in [4.78, 5) is 32.5. The molecule has 1 aromatic rings. The van der Waals surface area contributed by atoms with Gasteiger partial charge in [0.05, 0.1) is 17.3 Å². The molecule has 108 valence electrons. The van der Waals surface area contributed by atoms with Crippen molar-refractivity contribution in [1.29, 1.82) is 0 Å². The maximum atomic E-state index is 12.4. The molecule has 0 aromatic carbocycles. The first kappa shape index (κ1) is 15.0. The van der Waals surface area contributed by atoms with Gasteiger partial charge in [-0.05, 0) is 6.26 Å². The first-order chi connectivity index (χ1) is 9.43. The average molecular weight is 318 g/mol. The molecule has 1 aliphatic rings. The van der Waals surface area contributed by atoms with Gasteiger partial charge in [-0.15, -0.1) is 0 Å². The summed E-state index contributed by atoms with van der Waals surface area (Å²) in [5, 5.41) is 19.1.